The largest absolute Gasteiger partial charge is 0.480 e. The number of aromatic nitrogens is 1. The number of nitrogens with one attached hydrogen (secondary N) is 1. The molecule has 1 aromatic carbocycles. The van der Waals surface area contributed by atoms with Gasteiger partial charge in [0.15, 0.2) is 10.8 Å². The maximum Gasteiger partial charge on any atom is 0.416 e. The molecule has 1 saturated heterocycles. The Kier molecular flexibility index (Phi) is 6.94. The topological polar surface area (TPSA) is 87.0 Å². The van der Waals surface area contributed by atoms with Gasteiger partial charge in [0.1, 0.15) is 17.9 Å². The van der Waals surface area contributed by atoms with E-state index in [4.69, 9.17) is 16.3 Å². The Bertz CT molecular complexity index is 1140. The first kappa shape index (κ1) is 24.6. The van der Waals surface area contributed by atoms with Gasteiger partial charge >= 0.3 is 12.1 Å². The SMILES string of the molecule is C[C@H]1OCCN(CC2=C(C(F)(F)F)C(c3ccc(F)cc3Cl)N=C(c3nccs3)N2)[C@@H]1C(=O)O. The number of benzene rings is 1. The first-order valence-corrected chi connectivity index (χ1v) is 11.4. The van der Waals surface area contributed by atoms with Crippen LogP contribution in [0.4, 0.5) is 17.6 Å². The number of aliphatic carboxylic acids is 1. The lowest BCUT2D eigenvalue weighted by Crippen LogP contribution is -2.56. The van der Waals surface area contributed by atoms with Crippen LogP contribution in [0.5, 0.6) is 0 Å². The van der Waals surface area contributed by atoms with E-state index in [1.165, 1.54) is 22.4 Å². The van der Waals surface area contributed by atoms with Crippen molar-refractivity contribution in [3.8, 4) is 0 Å². The summed E-state index contributed by atoms with van der Waals surface area (Å²) in [6.45, 7) is 1.48. The second kappa shape index (κ2) is 9.61. The third kappa shape index (κ3) is 4.95. The molecule has 4 rings (SSSR count). The number of rotatable bonds is 5. The van der Waals surface area contributed by atoms with Crippen LogP contribution in [-0.2, 0) is 9.53 Å². The third-order valence-corrected chi connectivity index (χ3v) is 6.64. The molecule has 1 unspecified atom stereocenters. The van der Waals surface area contributed by atoms with Crippen molar-refractivity contribution in [1.82, 2.24) is 15.2 Å². The van der Waals surface area contributed by atoms with Crippen LogP contribution in [0.15, 0.2) is 46.0 Å². The zero-order chi connectivity index (χ0) is 24.6. The number of hydrogen-bond donors (Lipinski definition) is 2. The minimum absolute atomic E-state index is 0.0337. The molecule has 2 aromatic rings. The van der Waals surface area contributed by atoms with Crippen LogP contribution in [0, 0.1) is 5.82 Å². The standard InChI is InChI=1S/C21H19ClF4N4O3S/c1-10-17(20(31)32)30(5-6-33-10)9-14-15(21(24,25)26)16(12-3-2-11(23)8-13(12)22)29-18(28-14)19-27-4-7-34-19/h2-4,7-8,10,16-17H,5-6,9H2,1H3,(H,28,29)(H,31,32)/t10-,16?,17+/m1/s1. The average molecular weight is 519 g/mol. The second-order valence-corrected chi connectivity index (χ2v) is 9.03. The van der Waals surface area contributed by atoms with Crippen LogP contribution >= 0.6 is 22.9 Å². The minimum Gasteiger partial charge on any atom is -0.480 e. The Morgan fingerprint density at radius 2 is 2.18 bits per heavy atom. The number of ether oxygens (including phenoxy) is 1. The monoisotopic (exact) mass is 518 g/mol. The number of nitrogens with zero attached hydrogens (tertiary/aromatic N) is 3. The second-order valence-electron chi connectivity index (χ2n) is 7.73. The van der Waals surface area contributed by atoms with E-state index in [9.17, 15) is 27.5 Å². The lowest BCUT2D eigenvalue weighted by Gasteiger charge is -2.39. The lowest BCUT2D eigenvalue weighted by molar-refractivity contribution is -0.155. The van der Waals surface area contributed by atoms with Crippen molar-refractivity contribution in [2.75, 3.05) is 19.7 Å². The Balaban J connectivity index is 1.84. The maximum atomic E-state index is 14.4. The number of carbonyl (C=O) groups is 1. The van der Waals surface area contributed by atoms with Gasteiger partial charge in [-0.15, -0.1) is 11.3 Å². The van der Waals surface area contributed by atoms with Gasteiger partial charge in [-0.2, -0.15) is 13.2 Å². The molecule has 3 atom stereocenters. The van der Waals surface area contributed by atoms with Gasteiger partial charge in [0.05, 0.1) is 18.3 Å². The molecule has 0 amide bonds. The van der Waals surface area contributed by atoms with E-state index in [0.29, 0.717) is 5.01 Å². The summed E-state index contributed by atoms with van der Waals surface area (Å²) in [5.41, 5.74) is -1.35. The number of carboxylic acids is 1. The molecule has 182 valence electrons. The fourth-order valence-corrected chi connectivity index (χ4v) is 4.93. The molecule has 0 aliphatic carbocycles. The van der Waals surface area contributed by atoms with E-state index < -0.39 is 41.7 Å². The number of amidine groups is 1. The number of morpholine rings is 1. The molecule has 7 nitrogen and oxygen atoms in total. The molecule has 13 heteroatoms. The number of carboxylic acid groups (broad SMARTS) is 1. The van der Waals surface area contributed by atoms with Crippen molar-refractivity contribution in [2.24, 2.45) is 4.99 Å². The minimum atomic E-state index is -4.85. The van der Waals surface area contributed by atoms with E-state index in [1.54, 1.807) is 12.3 Å². The molecule has 2 aliphatic heterocycles. The van der Waals surface area contributed by atoms with Crippen LogP contribution < -0.4 is 5.32 Å². The summed E-state index contributed by atoms with van der Waals surface area (Å²) in [6, 6.07) is 0.351. The number of hydrogen-bond acceptors (Lipinski definition) is 7. The van der Waals surface area contributed by atoms with Crippen LogP contribution in [0.25, 0.3) is 0 Å². The molecule has 3 heterocycles. The zero-order valence-electron chi connectivity index (χ0n) is 17.6. The van der Waals surface area contributed by atoms with Gasteiger partial charge in [-0.05, 0) is 24.6 Å². The predicted molar refractivity (Wildman–Crippen MR) is 117 cm³/mol. The quantitative estimate of drug-likeness (QED) is 0.582. The van der Waals surface area contributed by atoms with Gasteiger partial charge in [-0.25, -0.2) is 9.37 Å². The van der Waals surface area contributed by atoms with Crippen molar-refractivity contribution in [1.29, 1.82) is 0 Å². The summed E-state index contributed by atoms with van der Waals surface area (Å²) in [7, 11) is 0. The molecular weight excluding hydrogens is 500 g/mol. The van der Waals surface area contributed by atoms with Crippen molar-refractivity contribution >= 4 is 34.7 Å². The summed E-state index contributed by atoms with van der Waals surface area (Å²) in [5, 5.41) is 14.2. The molecule has 0 spiro atoms. The zero-order valence-corrected chi connectivity index (χ0v) is 19.2. The molecular formula is C21H19ClF4N4O3S. The molecule has 0 saturated carbocycles. The molecule has 0 bridgehead atoms. The van der Waals surface area contributed by atoms with E-state index in [1.807, 2.05) is 0 Å². The van der Waals surface area contributed by atoms with Crippen LogP contribution in [-0.4, -0.2) is 64.8 Å². The molecule has 1 fully saturated rings. The smallest absolute Gasteiger partial charge is 0.416 e. The normalized spacial score (nSPS) is 24.1. The summed E-state index contributed by atoms with van der Waals surface area (Å²) >= 11 is 7.30. The van der Waals surface area contributed by atoms with E-state index in [-0.39, 0.29) is 41.8 Å². The fourth-order valence-electron chi connectivity index (χ4n) is 4.07. The first-order valence-electron chi connectivity index (χ1n) is 10.1. The van der Waals surface area contributed by atoms with Gasteiger partial charge in [-0.1, -0.05) is 17.7 Å². The predicted octanol–water partition coefficient (Wildman–Crippen LogP) is 4.02. The highest BCUT2D eigenvalue weighted by molar-refractivity contribution is 7.11. The Morgan fingerprint density at radius 3 is 2.79 bits per heavy atom. The molecule has 0 radical (unpaired) electrons. The summed E-state index contributed by atoms with van der Waals surface area (Å²) in [5.74, 6) is -1.82. The van der Waals surface area contributed by atoms with Gasteiger partial charge in [0, 0.05) is 35.4 Å². The molecule has 2 N–H and O–H groups in total. The Hall–Kier alpha value is -2.54. The summed E-state index contributed by atoms with van der Waals surface area (Å²) < 4.78 is 62.3. The van der Waals surface area contributed by atoms with E-state index in [0.717, 1.165) is 18.2 Å². The summed E-state index contributed by atoms with van der Waals surface area (Å²) in [4.78, 5) is 21.6. The van der Waals surface area contributed by atoms with Gasteiger partial charge < -0.3 is 15.2 Å². The van der Waals surface area contributed by atoms with Crippen LogP contribution in [0.1, 0.15) is 23.5 Å². The Labute approximate surface area is 200 Å². The molecule has 2 aliphatic rings. The number of alkyl halides is 3. The fraction of sp³-hybridized carbons (Fsp3) is 0.381. The highest BCUT2D eigenvalue weighted by Gasteiger charge is 2.46. The number of halogens is 5. The van der Waals surface area contributed by atoms with E-state index >= 15 is 0 Å². The lowest BCUT2D eigenvalue weighted by atomic mass is 9.94. The first-order chi connectivity index (χ1) is 16.1. The van der Waals surface area contributed by atoms with Crippen molar-refractivity contribution in [3.05, 3.63) is 62.5 Å². The molecule has 1 aromatic heterocycles. The highest BCUT2D eigenvalue weighted by atomic mass is 35.5. The maximum absolute atomic E-state index is 14.4. The van der Waals surface area contributed by atoms with Gasteiger partial charge in [0.25, 0.3) is 0 Å². The summed E-state index contributed by atoms with van der Waals surface area (Å²) in [6.07, 6.45) is -4.09. The van der Waals surface area contributed by atoms with Crippen molar-refractivity contribution < 1.29 is 32.2 Å². The average Bonchev–Trinajstić information content (AvgIpc) is 3.27. The van der Waals surface area contributed by atoms with Crippen LogP contribution in [0.3, 0.4) is 0 Å². The Morgan fingerprint density at radius 1 is 1.41 bits per heavy atom. The highest BCUT2D eigenvalue weighted by Crippen LogP contribution is 2.44. The van der Waals surface area contributed by atoms with Gasteiger partial charge in [-0.3, -0.25) is 14.7 Å². The van der Waals surface area contributed by atoms with E-state index in [2.05, 4.69) is 15.3 Å². The number of thiazole rings is 1. The van der Waals surface area contributed by atoms with Crippen molar-refractivity contribution in [2.45, 2.75) is 31.3 Å². The van der Waals surface area contributed by atoms with Crippen molar-refractivity contribution in [3.63, 3.8) is 0 Å². The van der Waals surface area contributed by atoms with Gasteiger partial charge in [0.2, 0.25) is 0 Å². The number of aliphatic imine (C=N–C) groups is 1. The third-order valence-electron chi connectivity index (χ3n) is 5.53. The molecule has 34 heavy (non-hydrogen) atoms. The van der Waals surface area contributed by atoms with Crippen LogP contribution in [0.2, 0.25) is 5.02 Å².